The summed E-state index contributed by atoms with van der Waals surface area (Å²) in [5.74, 6) is -0.396. The summed E-state index contributed by atoms with van der Waals surface area (Å²) in [6.45, 7) is 0. The highest BCUT2D eigenvalue weighted by Gasteiger charge is 2.53. The predicted molar refractivity (Wildman–Crippen MR) is 106 cm³/mol. The van der Waals surface area contributed by atoms with Gasteiger partial charge in [-0.2, -0.15) is 0 Å². The molecular formula is C23H22O3S. The maximum Gasteiger partial charge on any atom is 0.181 e. The third kappa shape index (κ3) is 2.99. The first-order valence-corrected chi connectivity index (χ1v) is 10.7. The standard InChI is InChI=1S/C23H22O3S/c24-23(18-10-4-1-5-11-18,19-12-6-2-7-13-19)21-16-17-22(21)27(25,26)20-14-8-3-9-15-20/h1-15,21-22,24H,16-17H2. The van der Waals surface area contributed by atoms with Gasteiger partial charge in [0.2, 0.25) is 0 Å². The zero-order valence-corrected chi connectivity index (χ0v) is 15.7. The van der Waals surface area contributed by atoms with Crippen molar-refractivity contribution in [1.82, 2.24) is 0 Å². The topological polar surface area (TPSA) is 54.4 Å². The monoisotopic (exact) mass is 378 g/mol. The van der Waals surface area contributed by atoms with E-state index in [4.69, 9.17) is 0 Å². The Balaban J connectivity index is 1.80. The molecule has 3 aromatic rings. The van der Waals surface area contributed by atoms with Gasteiger partial charge in [0.1, 0.15) is 5.60 Å². The molecule has 1 aliphatic rings. The van der Waals surface area contributed by atoms with Crippen molar-refractivity contribution < 1.29 is 13.5 Å². The SMILES string of the molecule is O=S(=O)(c1ccccc1)C1CCC1C(O)(c1ccccc1)c1ccccc1. The second kappa shape index (κ2) is 6.95. The first-order valence-electron chi connectivity index (χ1n) is 9.17. The van der Waals surface area contributed by atoms with Gasteiger partial charge in [-0.1, -0.05) is 78.9 Å². The molecule has 4 rings (SSSR count). The average Bonchev–Trinajstić information content (AvgIpc) is 2.69. The van der Waals surface area contributed by atoms with E-state index in [1.165, 1.54) is 0 Å². The van der Waals surface area contributed by atoms with Crippen molar-refractivity contribution in [2.24, 2.45) is 5.92 Å². The van der Waals surface area contributed by atoms with Gasteiger partial charge in [0, 0.05) is 5.92 Å². The molecule has 2 unspecified atom stereocenters. The maximum absolute atomic E-state index is 13.2. The van der Waals surface area contributed by atoms with E-state index in [-0.39, 0.29) is 0 Å². The molecule has 0 aromatic heterocycles. The molecule has 3 nitrogen and oxygen atoms in total. The van der Waals surface area contributed by atoms with Gasteiger partial charge in [0.25, 0.3) is 0 Å². The van der Waals surface area contributed by atoms with Gasteiger partial charge in [-0.15, -0.1) is 0 Å². The Morgan fingerprint density at radius 1 is 0.704 bits per heavy atom. The minimum absolute atomic E-state index is 0.322. The predicted octanol–water partition coefficient (Wildman–Crippen LogP) is 4.18. The van der Waals surface area contributed by atoms with Crippen LogP contribution in [0.25, 0.3) is 0 Å². The molecule has 0 amide bonds. The van der Waals surface area contributed by atoms with Gasteiger partial charge in [-0.25, -0.2) is 8.42 Å². The second-order valence-electron chi connectivity index (χ2n) is 7.08. The van der Waals surface area contributed by atoms with Crippen LogP contribution in [0.4, 0.5) is 0 Å². The summed E-state index contributed by atoms with van der Waals surface area (Å²) in [6.07, 6.45) is 1.22. The maximum atomic E-state index is 13.2. The van der Waals surface area contributed by atoms with E-state index in [2.05, 4.69) is 0 Å². The summed E-state index contributed by atoms with van der Waals surface area (Å²) in [6, 6.07) is 27.3. The molecule has 1 fully saturated rings. The van der Waals surface area contributed by atoms with Crippen LogP contribution < -0.4 is 0 Å². The molecule has 138 valence electrons. The fraction of sp³-hybridized carbons (Fsp3) is 0.217. The van der Waals surface area contributed by atoms with Crippen molar-refractivity contribution in [1.29, 1.82) is 0 Å². The average molecular weight is 378 g/mol. The van der Waals surface area contributed by atoms with Crippen LogP contribution in [0, 0.1) is 5.92 Å². The first-order chi connectivity index (χ1) is 13.0. The molecule has 3 aromatic carbocycles. The molecule has 0 spiro atoms. The Morgan fingerprint density at radius 3 is 1.56 bits per heavy atom. The Labute approximate surface area is 160 Å². The minimum atomic E-state index is -3.51. The van der Waals surface area contributed by atoms with Gasteiger partial charge in [-0.3, -0.25) is 0 Å². The molecule has 0 bridgehead atoms. The third-order valence-corrected chi connectivity index (χ3v) is 7.94. The second-order valence-corrected chi connectivity index (χ2v) is 9.25. The van der Waals surface area contributed by atoms with Crippen LogP contribution in [0.1, 0.15) is 24.0 Å². The Bertz CT molecular complexity index is 960. The summed E-state index contributed by atoms with van der Waals surface area (Å²) in [7, 11) is -3.51. The van der Waals surface area contributed by atoms with Crippen LogP contribution in [0.2, 0.25) is 0 Å². The summed E-state index contributed by atoms with van der Waals surface area (Å²) < 4.78 is 26.4. The number of rotatable bonds is 5. The Morgan fingerprint density at radius 2 is 1.15 bits per heavy atom. The lowest BCUT2D eigenvalue weighted by atomic mass is 9.66. The molecule has 2 atom stereocenters. The van der Waals surface area contributed by atoms with Gasteiger partial charge in [0.05, 0.1) is 10.1 Å². The van der Waals surface area contributed by atoms with Crippen molar-refractivity contribution in [3.8, 4) is 0 Å². The normalized spacial score (nSPS) is 20.0. The van der Waals surface area contributed by atoms with Crippen LogP contribution in [0.15, 0.2) is 95.9 Å². The van der Waals surface area contributed by atoms with E-state index in [1.807, 2.05) is 66.7 Å². The van der Waals surface area contributed by atoms with Gasteiger partial charge in [0.15, 0.2) is 9.84 Å². The van der Waals surface area contributed by atoms with E-state index in [1.54, 1.807) is 24.3 Å². The molecular weight excluding hydrogens is 356 g/mol. The lowest BCUT2D eigenvalue weighted by molar-refractivity contribution is -0.0173. The molecule has 4 heteroatoms. The van der Waals surface area contributed by atoms with Gasteiger partial charge in [-0.05, 0) is 36.1 Å². The Hall–Kier alpha value is -2.43. The van der Waals surface area contributed by atoms with E-state index in [9.17, 15) is 13.5 Å². The van der Waals surface area contributed by atoms with Crippen molar-refractivity contribution in [2.45, 2.75) is 28.6 Å². The van der Waals surface area contributed by atoms with Crippen molar-refractivity contribution >= 4 is 9.84 Å². The van der Waals surface area contributed by atoms with Crippen LogP contribution in [0.5, 0.6) is 0 Å². The minimum Gasteiger partial charge on any atom is -0.380 e. The quantitative estimate of drug-likeness (QED) is 0.725. The smallest absolute Gasteiger partial charge is 0.181 e. The lowest BCUT2D eigenvalue weighted by Crippen LogP contribution is -2.51. The number of hydrogen-bond donors (Lipinski definition) is 1. The largest absolute Gasteiger partial charge is 0.380 e. The molecule has 1 N–H and O–H groups in total. The molecule has 0 radical (unpaired) electrons. The highest BCUT2D eigenvalue weighted by atomic mass is 32.2. The molecule has 1 aliphatic carbocycles. The molecule has 0 heterocycles. The summed E-state index contributed by atoms with van der Waals surface area (Å²) in [4.78, 5) is 0.322. The van der Waals surface area contributed by atoms with Gasteiger partial charge >= 0.3 is 0 Å². The van der Waals surface area contributed by atoms with Crippen LogP contribution in [-0.2, 0) is 15.4 Å². The molecule has 1 saturated carbocycles. The zero-order chi connectivity index (χ0) is 18.9. The third-order valence-electron chi connectivity index (χ3n) is 5.65. The number of hydrogen-bond acceptors (Lipinski definition) is 3. The van der Waals surface area contributed by atoms with E-state index in [0.29, 0.717) is 17.7 Å². The first kappa shape index (κ1) is 18.0. The van der Waals surface area contributed by atoms with E-state index in [0.717, 1.165) is 11.1 Å². The fourth-order valence-electron chi connectivity index (χ4n) is 4.08. The van der Waals surface area contributed by atoms with E-state index < -0.39 is 26.6 Å². The van der Waals surface area contributed by atoms with Crippen molar-refractivity contribution in [2.75, 3.05) is 0 Å². The summed E-state index contributed by atoms with van der Waals surface area (Å²) >= 11 is 0. The molecule has 0 aliphatic heterocycles. The van der Waals surface area contributed by atoms with E-state index >= 15 is 0 Å². The highest BCUT2D eigenvalue weighted by Crippen LogP contribution is 2.50. The number of benzene rings is 3. The highest BCUT2D eigenvalue weighted by molar-refractivity contribution is 7.92. The fourth-order valence-corrected chi connectivity index (χ4v) is 6.18. The summed E-state index contributed by atoms with van der Waals surface area (Å²) in [5, 5.41) is 11.3. The zero-order valence-electron chi connectivity index (χ0n) is 14.9. The van der Waals surface area contributed by atoms with Gasteiger partial charge < -0.3 is 5.11 Å². The van der Waals surface area contributed by atoms with Crippen LogP contribution in [-0.4, -0.2) is 18.8 Å². The number of sulfone groups is 1. The molecule has 0 saturated heterocycles. The van der Waals surface area contributed by atoms with Crippen LogP contribution in [0.3, 0.4) is 0 Å². The van der Waals surface area contributed by atoms with Crippen LogP contribution >= 0.6 is 0 Å². The van der Waals surface area contributed by atoms with Crippen molar-refractivity contribution in [3.63, 3.8) is 0 Å². The van der Waals surface area contributed by atoms with Crippen molar-refractivity contribution in [3.05, 3.63) is 102 Å². The summed E-state index contributed by atoms with van der Waals surface area (Å²) in [5.41, 5.74) is 0.121. The molecule has 27 heavy (non-hydrogen) atoms. The number of aliphatic hydroxyl groups is 1. The Kier molecular flexibility index (Phi) is 4.62. The lowest BCUT2D eigenvalue weighted by Gasteiger charge is -2.47.